The van der Waals surface area contributed by atoms with Gasteiger partial charge in [-0.1, -0.05) is 18.2 Å². The maximum Gasteiger partial charge on any atom is 0.337 e. The van der Waals surface area contributed by atoms with Gasteiger partial charge in [-0.05, 0) is 47.6 Å². The monoisotopic (exact) mass is 297 g/mol. The molecule has 0 bridgehead atoms. The van der Waals surface area contributed by atoms with Crippen LogP contribution >= 0.6 is 0 Å². The Kier molecular flexibility index (Phi) is 3.75. The van der Waals surface area contributed by atoms with Crippen LogP contribution in [0.1, 0.15) is 39.7 Å². The molecule has 0 radical (unpaired) electrons. The zero-order valence-electron chi connectivity index (χ0n) is 12.7. The van der Waals surface area contributed by atoms with E-state index in [1.54, 1.807) is 13.2 Å². The summed E-state index contributed by atoms with van der Waals surface area (Å²) in [7, 11) is 3.03. The number of benzene rings is 2. The number of anilines is 1. The number of esters is 1. The molecule has 0 saturated heterocycles. The Morgan fingerprint density at radius 1 is 1.14 bits per heavy atom. The fourth-order valence-electron chi connectivity index (χ4n) is 2.94. The summed E-state index contributed by atoms with van der Waals surface area (Å²) >= 11 is 0. The highest BCUT2D eigenvalue weighted by atomic mass is 16.5. The van der Waals surface area contributed by atoms with Crippen LogP contribution in [0.25, 0.3) is 0 Å². The molecule has 0 amide bonds. The number of carbonyl (C=O) groups is 1. The summed E-state index contributed by atoms with van der Waals surface area (Å²) in [6.45, 7) is 0. The van der Waals surface area contributed by atoms with Crippen LogP contribution in [0.5, 0.6) is 5.75 Å². The first kappa shape index (κ1) is 14.4. The van der Waals surface area contributed by atoms with Crippen molar-refractivity contribution in [3.05, 3.63) is 59.2 Å². The van der Waals surface area contributed by atoms with Crippen molar-refractivity contribution in [3.8, 4) is 5.75 Å². The van der Waals surface area contributed by atoms with E-state index in [4.69, 9.17) is 15.2 Å². The molecule has 114 valence electrons. The number of nitrogens with two attached hydrogens (primary N) is 1. The molecule has 0 aliphatic heterocycles. The van der Waals surface area contributed by atoms with E-state index in [1.807, 2.05) is 30.3 Å². The van der Waals surface area contributed by atoms with E-state index in [1.165, 1.54) is 7.11 Å². The number of methoxy groups -OCH3 is 2. The van der Waals surface area contributed by atoms with Crippen LogP contribution in [0.15, 0.2) is 42.5 Å². The van der Waals surface area contributed by atoms with Crippen molar-refractivity contribution in [3.63, 3.8) is 0 Å². The SMILES string of the molecule is COC(=O)c1cccc([C@H]2C[C@@H]2c2ccc(OC)cc2N)c1. The van der Waals surface area contributed by atoms with Gasteiger partial charge in [-0.2, -0.15) is 0 Å². The average Bonchev–Trinajstić information content (AvgIpc) is 3.34. The minimum atomic E-state index is -0.303. The number of ether oxygens (including phenoxy) is 2. The molecule has 2 aromatic carbocycles. The van der Waals surface area contributed by atoms with Gasteiger partial charge in [-0.15, -0.1) is 0 Å². The van der Waals surface area contributed by atoms with Crippen molar-refractivity contribution in [2.45, 2.75) is 18.3 Å². The smallest absolute Gasteiger partial charge is 0.337 e. The van der Waals surface area contributed by atoms with Gasteiger partial charge >= 0.3 is 5.97 Å². The lowest BCUT2D eigenvalue weighted by Gasteiger charge is -2.08. The summed E-state index contributed by atoms with van der Waals surface area (Å²) in [5.74, 6) is 1.27. The summed E-state index contributed by atoms with van der Waals surface area (Å²) < 4.78 is 9.96. The highest BCUT2D eigenvalue weighted by molar-refractivity contribution is 5.89. The molecule has 0 spiro atoms. The van der Waals surface area contributed by atoms with Crippen molar-refractivity contribution in [1.82, 2.24) is 0 Å². The fraction of sp³-hybridized carbons (Fsp3) is 0.278. The van der Waals surface area contributed by atoms with E-state index in [0.29, 0.717) is 17.4 Å². The van der Waals surface area contributed by atoms with Gasteiger partial charge < -0.3 is 15.2 Å². The second kappa shape index (κ2) is 5.72. The second-order valence-corrected chi connectivity index (χ2v) is 5.56. The number of nitrogen functional groups attached to an aromatic ring is 1. The van der Waals surface area contributed by atoms with Gasteiger partial charge in [0.25, 0.3) is 0 Å². The van der Waals surface area contributed by atoms with Gasteiger partial charge in [-0.3, -0.25) is 0 Å². The minimum Gasteiger partial charge on any atom is -0.497 e. The summed E-state index contributed by atoms with van der Waals surface area (Å²) in [6.07, 6.45) is 1.04. The van der Waals surface area contributed by atoms with Gasteiger partial charge in [0.15, 0.2) is 0 Å². The Labute approximate surface area is 129 Å². The molecule has 0 aromatic heterocycles. The van der Waals surface area contributed by atoms with Crippen molar-refractivity contribution < 1.29 is 14.3 Å². The van der Waals surface area contributed by atoms with E-state index in [0.717, 1.165) is 29.0 Å². The third kappa shape index (κ3) is 2.64. The Morgan fingerprint density at radius 2 is 1.95 bits per heavy atom. The van der Waals surface area contributed by atoms with Gasteiger partial charge in [-0.25, -0.2) is 4.79 Å². The highest BCUT2D eigenvalue weighted by Crippen LogP contribution is 2.56. The Morgan fingerprint density at radius 3 is 2.64 bits per heavy atom. The maximum absolute atomic E-state index is 11.6. The molecule has 2 aromatic rings. The van der Waals surface area contributed by atoms with E-state index < -0.39 is 0 Å². The van der Waals surface area contributed by atoms with Crippen LogP contribution in [0.3, 0.4) is 0 Å². The Hall–Kier alpha value is -2.49. The van der Waals surface area contributed by atoms with Crippen molar-refractivity contribution in [1.29, 1.82) is 0 Å². The predicted molar refractivity (Wildman–Crippen MR) is 85.3 cm³/mol. The number of carbonyl (C=O) groups excluding carboxylic acids is 1. The molecular weight excluding hydrogens is 278 g/mol. The fourth-order valence-corrected chi connectivity index (χ4v) is 2.94. The van der Waals surface area contributed by atoms with E-state index in [-0.39, 0.29) is 5.97 Å². The molecular formula is C18H19NO3. The molecule has 1 aliphatic carbocycles. The lowest BCUT2D eigenvalue weighted by molar-refractivity contribution is 0.0600. The lowest BCUT2D eigenvalue weighted by Crippen LogP contribution is -2.01. The summed E-state index contributed by atoms with van der Waals surface area (Å²) in [5.41, 5.74) is 9.78. The van der Waals surface area contributed by atoms with Crippen molar-refractivity contribution in [2.75, 3.05) is 20.0 Å². The largest absolute Gasteiger partial charge is 0.497 e. The van der Waals surface area contributed by atoms with Crippen LogP contribution in [-0.2, 0) is 4.74 Å². The standard InChI is InChI=1S/C18H19NO3/c1-21-13-6-7-14(17(19)9-13)16-10-15(16)11-4-3-5-12(8-11)18(20)22-2/h3-9,15-16H,10,19H2,1-2H3/t15-,16-/m1/s1. The van der Waals surface area contributed by atoms with Crippen LogP contribution in [0, 0.1) is 0 Å². The topological polar surface area (TPSA) is 61.5 Å². The number of rotatable bonds is 4. The molecule has 4 nitrogen and oxygen atoms in total. The molecule has 3 rings (SSSR count). The first-order valence-electron chi connectivity index (χ1n) is 7.25. The van der Waals surface area contributed by atoms with Crippen molar-refractivity contribution >= 4 is 11.7 Å². The molecule has 1 saturated carbocycles. The minimum absolute atomic E-state index is 0.303. The molecule has 22 heavy (non-hydrogen) atoms. The summed E-state index contributed by atoms with van der Waals surface area (Å²) in [5, 5.41) is 0. The first-order chi connectivity index (χ1) is 10.6. The van der Waals surface area contributed by atoms with Crippen LogP contribution in [-0.4, -0.2) is 20.2 Å². The third-order valence-corrected chi connectivity index (χ3v) is 4.22. The summed E-state index contributed by atoms with van der Waals surface area (Å²) in [4.78, 5) is 11.6. The van der Waals surface area contributed by atoms with Crippen LogP contribution in [0.4, 0.5) is 5.69 Å². The Balaban J connectivity index is 1.81. The molecule has 2 atom stereocenters. The molecule has 0 heterocycles. The van der Waals surface area contributed by atoms with Gasteiger partial charge in [0.05, 0.1) is 19.8 Å². The zero-order valence-corrected chi connectivity index (χ0v) is 12.7. The van der Waals surface area contributed by atoms with Gasteiger partial charge in [0, 0.05) is 11.8 Å². The van der Waals surface area contributed by atoms with Crippen molar-refractivity contribution in [2.24, 2.45) is 0 Å². The second-order valence-electron chi connectivity index (χ2n) is 5.56. The number of hydrogen-bond donors (Lipinski definition) is 1. The quantitative estimate of drug-likeness (QED) is 0.694. The van der Waals surface area contributed by atoms with Gasteiger partial charge in [0.1, 0.15) is 5.75 Å². The van der Waals surface area contributed by atoms with E-state index >= 15 is 0 Å². The van der Waals surface area contributed by atoms with E-state index in [9.17, 15) is 4.79 Å². The molecule has 0 unspecified atom stereocenters. The van der Waals surface area contributed by atoms with Gasteiger partial charge in [0.2, 0.25) is 0 Å². The first-order valence-corrected chi connectivity index (χ1v) is 7.25. The Bertz CT molecular complexity index is 711. The normalized spacial score (nSPS) is 19.5. The zero-order chi connectivity index (χ0) is 15.7. The summed E-state index contributed by atoms with van der Waals surface area (Å²) in [6, 6.07) is 13.5. The van der Waals surface area contributed by atoms with Crippen LogP contribution < -0.4 is 10.5 Å². The molecule has 4 heteroatoms. The van der Waals surface area contributed by atoms with E-state index in [2.05, 4.69) is 6.07 Å². The maximum atomic E-state index is 11.6. The predicted octanol–water partition coefficient (Wildman–Crippen LogP) is 3.34. The third-order valence-electron chi connectivity index (χ3n) is 4.22. The van der Waals surface area contributed by atoms with Crippen LogP contribution in [0.2, 0.25) is 0 Å². The lowest BCUT2D eigenvalue weighted by atomic mass is 10.0. The molecule has 1 aliphatic rings. The highest BCUT2D eigenvalue weighted by Gasteiger charge is 2.40. The average molecular weight is 297 g/mol. The molecule has 2 N–H and O–H groups in total. The molecule has 1 fully saturated rings. The number of hydrogen-bond acceptors (Lipinski definition) is 4.